The molecule has 4 aliphatic heterocycles. The maximum atomic E-state index is 11.8. The lowest BCUT2D eigenvalue weighted by atomic mass is 9.78. The van der Waals surface area contributed by atoms with E-state index in [1.54, 1.807) is 0 Å². The molecule has 0 amide bonds. The van der Waals surface area contributed by atoms with Gasteiger partial charge in [0.15, 0.2) is 0 Å². The molecule has 0 aromatic heterocycles. The van der Waals surface area contributed by atoms with E-state index < -0.39 is 0 Å². The van der Waals surface area contributed by atoms with E-state index in [1.807, 2.05) is 24.3 Å². The van der Waals surface area contributed by atoms with Crippen LogP contribution in [0.2, 0.25) is 0 Å². The summed E-state index contributed by atoms with van der Waals surface area (Å²) in [5, 5.41) is 0. The van der Waals surface area contributed by atoms with Crippen LogP contribution in [0.4, 0.5) is 0 Å². The molecule has 2 aromatic rings. The lowest BCUT2D eigenvalue weighted by Gasteiger charge is -2.26. The Bertz CT molecular complexity index is 1330. The Morgan fingerprint density at radius 1 is 0.608 bits per heavy atom. The van der Waals surface area contributed by atoms with Crippen LogP contribution in [-0.4, -0.2) is 88.2 Å². The highest BCUT2D eigenvalue weighted by Crippen LogP contribution is 2.40. The predicted molar refractivity (Wildman–Crippen MR) is 188 cm³/mol. The number of ether oxygens (including phenoxy) is 8. The van der Waals surface area contributed by atoms with Crippen molar-refractivity contribution < 1.29 is 47.5 Å². The van der Waals surface area contributed by atoms with Crippen molar-refractivity contribution in [2.24, 2.45) is 11.8 Å². The topological polar surface area (TPSA) is 121 Å². The van der Waals surface area contributed by atoms with Crippen LogP contribution in [0.5, 0.6) is 11.5 Å². The van der Waals surface area contributed by atoms with Gasteiger partial charge >= 0.3 is 11.9 Å². The van der Waals surface area contributed by atoms with E-state index in [9.17, 15) is 9.59 Å². The molecule has 8 rings (SSSR count). The third-order valence-corrected chi connectivity index (χ3v) is 11.0. The van der Waals surface area contributed by atoms with Gasteiger partial charge in [-0.1, -0.05) is 38.1 Å². The van der Waals surface area contributed by atoms with Gasteiger partial charge in [0.2, 0.25) is 0 Å². The highest BCUT2D eigenvalue weighted by molar-refractivity contribution is 5.70. The second-order valence-corrected chi connectivity index (χ2v) is 15.6. The van der Waals surface area contributed by atoms with E-state index in [2.05, 4.69) is 38.1 Å². The van der Waals surface area contributed by atoms with Crippen molar-refractivity contribution in [1.82, 2.24) is 0 Å². The van der Waals surface area contributed by atoms with E-state index in [0.717, 1.165) is 63.2 Å². The molecule has 0 bridgehead atoms. The normalized spacial score (nSPS) is 29.6. The molecule has 0 N–H and O–H groups in total. The summed E-state index contributed by atoms with van der Waals surface area (Å²) in [6, 6.07) is 16.7. The third kappa shape index (κ3) is 11.2. The summed E-state index contributed by atoms with van der Waals surface area (Å²) >= 11 is 0. The second kappa shape index (κ2) is 16.7. The number of unbranched alkanes of at least 4 members (excludes halogenated alkanes) is 1. The Hall–Kier alpha value is -3.18. The first-order valence-electron chi connectivity index (χ1n) is 19.1. The molecule has 10 nitrogen and oxygen atoms in total. The lowest BCUT2D eigenvalue weighted by molar-refractivity contribution is -0.147. The van der Waals surface area contributed by atoms with E-state index in [-0.39, 0.29) is 29.6 Å². The summed E-state index contributed by atoms with van der Waals surface area (Å²) in [6.07, 6.45) is 10.9. The second-order valence-electron chi connectivity index (χ2n) is 15.6. The van der Waals surface area contributed by atoms with Gasteiger partial charge in [-0.05, 0) is 98.6 Å². The molecule has 2 saturated carbocycles. The maximum Gasteiger partial charge on any atom is 0.305 e. The Morgan fingerprint density at radius 3 is 1.39 bits per heavy atom. The van der Waals surface area contributed by atoms with Gasteiger partial charge in [-0.15, -0.1) is 0 Å². The summed E-state index contributed by atoms with van der Waals surface area (Å²) in [5.74, 6) is 2.38. The van der Waals surface area contributed by atoms with E-state index in [1.165, 1.54) is 11.1 Å². The van der Waals surface area contributed by atoms with Crippen LogP contribution in [0, 0.1) is 11.8 Å². The first-order valence-corrected chi connectivity index (χ1v) is 19.1. The van der Waals surface area contributed by atoms with Crippen molar-refractivity contribution in [2.75, 3.05) is 39.6 Å². The standard InChI is InChI=1S/C21H24O4.C20H30O6/c1-21(2,15-3-7-17(8-4-15)22-11-19-13-24-19)16-5-9-18(10-6-16)23-12-20-14-25-20;21-19(23-11-13-5-7-15-17(9-13)25-15)3-1-2-4-20(22)24-12-14-6-8-16-18(10-14)26-16/h3-10,19-20H,11-14H2,1-2H3;13-18H,1-12H2. The third-order valence-electron chi connectivity index (χ3n) is 11.0. The maximum absolute atomic E-state index is 11.8. The van der Waals surface area contributed by atoms with Crippen molar-refractivity contribution in [1.29, 1.82) is 0 Å². The lowest BCUT2D eigenvalue weighted by Crippen LogP contribution is -2.20. The van der Waals surface area contributed by atoms with Gasteiger partial charge in [-0.3, -0.25) is 9.59 Å². The van der Waals surface area contributed by atoms with Crippen LogP contribution in [0.1, 0.15) is 89.2 Å². The molecule has 10 heteroatoms. The van der Waals surface area contributed by atoms with E-state index in [4.69, 9.17) is 37.9 Å². The fraction of sp³-hybridized carbons (Fsp3) is 0.659. The minimum Gasteiger partial charge on any atom is -0.491 e. The highest BCUT2D eigenvalue weighted by atomic mass is 16.6. The van der Waals surface area contributed by atoms with Gasteiger partial charge in [-0.25, -0.2) is 0 Å². The van der Waals surface area contributed by atoms with Crippen molar-refractivity contribution in [3.63, 3.8) is 0 Å². The summed E-state index contributed by atoms with van der Waals surface area (Å²) < 4.78 is 43.5. The smallest absolute Gasteiger partial charge is 0.305 e. The van der Waals surface area contributed by atoms with Crippen molar-refractivity contribution in [3.8, 4) is 11.5 Å². The molecule has 0 radical (unpaired) electrons. The van der Waals surface area contributed by atoms with Crippen LogP contribution in [0.25, 0.3) is 0 Å². The molecule has 8 atom stereocenters. The SMILES string of the molecule is CC(C)(c1ccc(OCC2CO2)cc1)c1ccc(OCC2CO2)cc1.O=C(CCCCC(=O)OCC1CCC2OC2C1)OCC1CCC2OC2C1. The average Bonchev–Trinajstić information content (AvgIpc) is 3.96. The van der Waals surface area contributed by atoms with Gasteiger partial charge in [-0.2, -0.15) is 0 Å². The van der Waals surface area contributed by atoms with Crippen LogP contribution >= 0.6 is 0 Å². The van der Waals surface area contributed by atoms with Crippen LogP contribution < -0.4 is 9.47 Å². The Morgan fingerprint density at radius 2 is 1.02 bits per heavy atom. The van der Waals surface area contributed by atoms with E-state index >= 15 is 0 Å². The number of hydrogen-bond acceptors (Lipinski definition) is 10. The zero-order valence-corrected chi connectivity index (χ0v) is 30.1. The molecular weight excluding hydrogens is 652 g/mol. The Balaban J connectivity index is 0.000000159. The summed E-state index contributed by atoms with van der Waals surface area (Å²) in [4.78, 5) is 23.6. The van der Waals surface area contributed by atoms with Gasteiger partial charge in [0.1, 0.15) is 36.9 Å². The molecule has 2 aliphatic carbocycles. The van der Waals surface area contributed by atoms with Crippen LogP contribution in [0.3, 0.4) is 0 Å². The number of benzene rings is 2. The molecule has 278 valence electrons. The van der Waals surface area contributed by atoms with Gasteiger partial charge in [0, 0.05) is 18.3 Å². The largest absolute Gasteiger partial charge is 0.491 e. The predicted octanol–water partition coefficient (Wildman–Crippen LogP) is 6.34. The zero-order valence-electron chi connectivity index (χ0n) is 30.1. The molecule has 4 saturated heterocycles. The monoisotopic (exact) mass is 706 g/mol. The fourth-order valence-corrected chi connectivity index (χ4v) is 7.19. The van der Waals surface area contributed by atoms with Gasteiger partial charge in [0.05, 0.1) is 50.8 Å². The molecule has 2 aromatic carbocycles. The van der Waals surface area contributed by atoms with Crippen LogP contribution in [0.15, 0.2) is 48.5 Å². The fourth-order valence-electron chi connectivity index (χ4n) is 7.19. The van der Waals surface area contributed by atoms with Crippen molar-refractivity contribution in [2.45, 2.75) is 120 Å². The molecule has 6 aliphatic rings. The molecule has 0 spiro atoms. The summed E-state index contributed by atoms with van der Waals surface area (Å²) in [5.41, 5.74) is 2.42. The Labute approximate surface area is 301 Å². The van der Waals surface area contributed by atoms with Crippen molar-refractivity contribution >= 4 is 11.9 Å². The van der Waals surface area contributed by atoms with Crippen LogP contribution in [-0.2, 0) is 43.4 Å². The number of carbonyl (C=O) groups excluding carboxylic acids is 2. The number of esters is 2. The molecular formula is C41H54O10. The van der Waals surface area contributed by atoms with Gasteiger partial charge in [0.25, 0.3) is 0 Å². The molecule has 51 heavy (non-hydrogen) atoms. The molecule has 4 heterocycles. The quantitative estimate of drug-likeness (QED) is 0.105. The first-order chi connectivity index (χ1) is 24.8. The average molecular weight is 707 g/mol. The number of carbonyl (C=O) groups is 2. The highest BCUT2D eigenvalue weighted by Gasteiger charge is 2.44. The number of fused-ring (bicyclic) bond motifs is 2. The minimum atomic E-state index is -0.154. The molecule has 6 fully saturated rings. The van der Waals surface area contributed by atoms with E-state index in [0.29, 0.717) is 88.4 Å². The Kier molecular flexibility index (Phi) is 11.8. The minimum absolute atomic E-state index is 0.0870. The number of rotatable bonds is 17. The first kappa shape index (κ1) is 36.2. The summed E-state index contributed by atoms with van der Waals surface area (Å²) in [7, 11) is 0. The van der Waals surface area contributed by atoms with Crippen molar-refractivity contribution in [3.05, 3.63) is 59.7 Å². The zero-order chi connectivity index (χ0) is 35.2. The van der Waals surface area contributed by atoms with Gasteiger partial charge < -0.3 is 37.9 Å². The molecule has 8 unspecified atom stereocenters. The number of epoxide rings is 4. The number of hydrogen-bond donors (Lipinski definition) is 0. The summed E-state index contributed by atoms with van der Waals surface area (Å²) in [6.45, 7) is 8.40.